The Morgan fingerprint density at radius 1 is 1.13 bits per heavy atom. The number of pyridine rings is 1. The number of fused-ring (bicyclic) bond motifs is 1. The predicted octanol–water partition coefficient (Wildman–Crippen LogP) is 3.36. The molecular weight excluding hydrogens is 388 g/mol. The highest BCUT2D eigenvalue weighted by Crippen LogP contribution is 2.20. The SMILES string of the molecule is Cc1nc2c(cnn2C(C)C)cc1C(=O)Nc1ccc(CCN2CCN(C)CC2)cc1. The van der Waals surface area contributed by atoms with Crippen molar-refractivity contribution in [2.45, 2.75) is 33.2 Å². The molecule has 1 aliphatic heterocycles. The summed E-state index contributed by atoms with van der Waals surface area (Å²) in [5.74, 6) is -0.144. The first-order valence-corrected chi connectivity index (χ1v) is 11.1. The number of nitrogens with one attached hydrogen (secondary N) is 1. The minimum absolute atomic E-state index is 0.144. The van der Waals surface area contributed by atoms with Gasteiger partial charge in [0.15, 0.2) is 5.65 Å². The van der Waals surface area contributed by atoms with Gasteiger partial charge in [0.25, 0.3) is 5.91 Å². The van der Waals surface area contributed by atoms with Gasteiger partial charge >= 0.3 is 0 Å². The van der Waals surface area contributed by atoms with Crippen LogP contribution in [-0.4, -0.2) is 70.2 Å². The van der Waals surface area contributed by atoms with E-state index in [0.717, 1.165) is 55.9 Å². The fourth-order valence-electron chi connectivity index (χ4n) is 3.99. The molecule has 7 heteroatoms. The number of aromatic nitrogens is 3. The average Bonchev–Trinajstić information content (AvgIpc) is 3.16. The van der Waals surface area contributed by atoms with Crippen LogP contribution in [-0.2, 0) is 6.42 Å². The summed E-state index contributed by atoms with van der Waals surface area (Å²) < 4.78 is 1.88. The lowest BCUT2D eigenvalue weighted by atomic mass is 10.1. The zero-order valence-corrected chi connectivity index (χ0v) is 18.9. The summed E-state index contributed by atoms with van der Waals surface area (Å²) in [5, 5.41) is 8.29. The van der Waals surface area contributed by atoms with Crippen molar-refractivity contribution in [2.75, 3.05) is 45.1 Å². The summed E-state index contributed by atoms with van der Waals surface area (Å²) in [6.07, 6.45) is 2.80. The van der Waals surface area contributed by atoms with Crippen molar-refractivity contribution in [3.05, 3.63) is 53.3 Å². The second-order valence-electron chi connectivity index (χ2n) is 8.76. The van der Waals surface area contributed by atoms with Gasteiger partial charge in [-0.2, -0.15) is 5.10 Å². The van der Waals surface area contributed by atoms with Crippen molar-refractivity contribution in [2.24, 2.45) is 0 Å². The first-order valence-electron chi connectivity index (χ1n) is 11.1. The highest BCUT2D eigenvalue weighted by Gasteiger charge is 2.16. The van der Waals surface area contributed by atoms with Gasteiger partial charge in [0.05, 0.1) is 17.5 Å². The van der Waals surface area contributed by atoms with E-state index in [9.17, 15) is 4.79 Å². The molecule has 0 saturated carbocycles. The average molecular weight is 421 g/mol. The van der Waals surface area contributed by atoms with Gasteiger partial charge in [-0.25, -0.2) is 9.67 Å². The van der Waals surface area contributed by atoms with Crippen LogP contribution in [0.2, 0.25) is 0 Å². The first-order chi connectivity index (χ1) is 14.9. The van der Waals surface area contributed by atoms with Crippen LogP contribution in [0.3, 0.4) is 0 Å². The lowest BCUT2D eigenvalue weighted by Crippen LogP contribution is -2.45. The lowest BCUT2D eigenvalue weighted by molar-refractivity contribution is 0.102. The monoisotopic (exact) mass is 420 g/mol. The maximum Gasteiger partial charge on any atom is 0.257 e. The summed E-state index contributed by atoms with van der Waals surface area (Å²) >= 11 is 0. The van der Waals surface area contributed by atoms with Crippen molar-refractivity contribution in [3.8, 4) is 0 Å². The predicted molar refractivity (Wildman–Crippen MR) is 125 cm³/mol. The Kier molecular flexibility index (Phi) is 6.34. The number of benzene rings is 1. The van der Waals surface area contributed by atoms with Crippen LogP contribution in [0, 0.1) is 6.92 Å². The summed E-state index contributed by atoms with van der Waals surface area (Å²) in [6, 6.07) is 10.3. The Hall–Kier alpha value is -2.77. The molecule has 1 N–H and O–H groups in total. The van der Waals surface area contributed by atoms with E-state index in [4.69, 9.17) is 0 Å². The van der Waals surface area contributed by atoms with E-state index >= 15 is 0 Å². The third-order valence-electron chi connectivity index (χ3n) is 6.02. The van der Waals surface area contributed by atoms with Gasteiger partial charge in [0, 0.05) is 49.8 Å². The molecule has 0 aliphatic carbocycles. The Bertz CT molecular complexity index is 1050. The van der Waals surface area contributed by atoms with Crippen LogP contribution < -0.4 is 5.32 Å². The van der Waals surface area contributed by atoms with E-state index in [1.54, 1.807) is 6.20 Å². The van der Waals surface area contributed by atoms with Crippen LogP contribution in [0.1, 0.15) is 41.5 Å². The van der Waals surface area contributed by atoms with Gasteiger partial charge in [0.1, 0.15) is 0 Å². The number of carbonyl (C=O) groups excluding carboxylic acids is 1. The number of carbonyl (C=O) groups is 1. The van der Waals surface area contributed by atoms with Crippen molar-refractivity contribution in [3.63, 3.8) is 0 Å². The normalized spacial score (nSPS) is 15.6. The Morgan fingerprint density at radius 3 is 2.52 bits per heavy atom. The maximum atomic E-state index is 12.9. The molecule has 164 valence electrons. The van der Waals surface area contributed by atoms with Crippen molar-refractivity contribution < 1.29 is 4.79 Å². The number of likely N-dealkylation sites (N-methyl/N-ethyl adjacent to an activating group) is 1. The molecule has 1 aliphatic rings. The zero-order valence-electron chi connectivity index (χ0n) is 18.9. The Balaban J connectivity index is 1.39. The van der Waals surface area contributed by atoms with E-state index < -0.39 is 0 Å². The number of nitrogens with zero attached hydrogens (tertiary/aromatic N) is 5. The molecule has 0 unspecified atom stereocenters. The summed E-state index contributed by atoms with van der Waals surface area (Å²) in [5.41, 5.74) is 4.18. The van der Waals surface area contributed by atoms with Gasteiger partial charge < -0.3 is 15.1 Å². The van der Waals surface area contributed by atoms with Crippen LogP contribution in [0.5, 0.6) is 0 Å². The fraction of sp³-hybridized carbons (Fsp3) is 0.458. The number of piperazine rings is 1. The van der Waals surface area contributed by atoms with Gasteiger partial charge in [-0.1, -0.05) is 12.1 Å². The number of rotatable bonds is 6. The maximum absolute atomic E-state index is 12.9. The molecular formula is C24H32N6O. The first kappa shape index (κ1) is 21.5. The molecule has 7 nitrogen and oxygen atoms in total. The Labute approximate surface area is 184 Å². The van der Waals surface area contributed by atoms with Crippen LogP contribution in [0.4, 0.5) is 5.69 Å². The molecule has 2 aromatic heterocycles. The highest BCUT2D eigenvalue weighted by atomic mass is 16.1. The minimum atomic E-state index is -0.144. The van der Waals surface area contributed by atoms with E-state index in [1.165, 1.54) is 5.56 Å². The van der Waals surface area contributed by atoms with Crippen molar-refractivity contribution >= 4 is 22.6 Å². The van der Waals surface area contributed by atoms with E-state index in [-0.39, 0.29) is 11.9 Å². The molecule has 0 spiro atoms. The topological polar surface area (TPSA) is 66.3 Å². The molecule has 4 rings (SSSR count). The lowest BCUT2D eigenvalue weighted by Gasteiger charge is -2.32. The standard InChI is InChI=1S/C24H32N6O/c1-17(2)30-23-20(16-25-30)15-22(18(3)26-23)24(31)27-21-7-5-19(6-8-21)9-10-29-13-11-28(4)12-14-29/h5-8,15-17H,9-14H2,1-4H3,(H,27,31). The van der Waals surface area contributed by atoms with E-state index in [1.807, 2.05) is 29.8 Å². The Morgan fingerprint density at radius 2 is 1.84 bits per heavy atom. The molecule has 3 heterocycles. The zero-order chi connectivity index (χ0) is 22.0. The quantitative estimate of drug-likeness (QED) is 0.662. The second kappa shape index (κ2) is 9.16. The van der Waals surface area contributed by atoms with E-state index in [0.29, 0.717) is 11.3 Å². The molecule has 1 saturated heterocycles. The summed E-state index contributed by atoms with van der Waals surface area (Å²) in [4.78, 5) is 22.4. The molecule has 31 heavy (non-hydrogen) atoms. The van der Waals surface area contributed by atoms with Crippen LogP contribution >= 0.6 is 0 Å². The number of aryl methyl sites for hydroxylation is 1. The van der Waals surface area contributed by atoms with Crippen molar-refractivity contribution in [1.82, 2.24) is 24.6 Å². The summed E-state index contributed by atoms with van der Waals surface area (Å²) in [7, 11) is 2.18. The molecule has 0 bridgehead atoms. The van der Waals surface area contributed by atoms with Gasteiger partial charge in [-0.15, -0.1) is 0 Å². The number of amides is 1. The van der Waals surface area contributed by atoms with Crippen molar-refractivity contribution in [1.29, 1.82) is 0 Å². The van der Waals surface area contributed by atoms with E-state index in [2.05, 4.69) is 58.2 Å². The number of hydrogen-bond donors (Lipinski definition) is 1. The van der Waals surface area contributed by atoms with Gasteiger partial charge in [-0.05, 0) is 58.0 Å². The second-order valence-corrected chi connectivity index (χ2v) is 8.76. The largest absolute Gasteiger partial charge is 0.322 e. The third kappa shape index (κ3) is 4.94. The summed E-state index contributed by atoms with van der Waals surface area (Å²) in [6.45, 7) is 11.6. The fourth-order valence-corrected chi connectivity index (χ4v) is 3.99. The number of hydrogen-bond acceptors (Lipinski definition) is 5. The molecule has 1 amide bonds. The van der Waals surface area contributed by atoms with Gasteiger partial charge in [0.2, 0.25) is 0 Å². The minimum Gasteiger partial charge on any atom is -0.322 e. The smallest absolute Gasteiger partial charge is 0.257 e. The van der Waals surface area contributed by atoms with Gasteiger partial charge in [-0.3, -0.25) is 4.79 Å². The number of anilines is 1. The highest BCUT2D eigenvalue weighted by molar-refractivity contribution is 6.06. The van der Waals surface area contributed by atoms with Crippen LogP contribution in [0.25, 0.3) is 11.0 Å². The molecule has 0 atom stereocenters. The molecule has 1 aromatic carbocycles. The molecule has 3 aromatic rings. The molecule has 0 radical (unpaired) electrons. The molecule has 1 fully saturated rings. The third-order valence-corrected chi connectivity index (χ3v) is 6.02. The van der Waals surface area contributed by atoms with Crippen LogP contribution in [0.15, 0.2) is 36.5 Å².